The number of aromatic nitrogens is 4. The molecular weight excluding hydrogens is 510 g/mol. The summed E-state index contributed by atoms with van der Waals surface area (Å²) in [5.41, 5.74) is 5.53. The molecule has 0 saturated carbocycles. The fourth-order valence-corrected chi connectivity index (χ4v) is 6.30. The molecule has 1 aliphatic heterocycles. The van der Waals surface area contributed by atoms with Crippen LogP contribution in [0.25, 0.3) is 11.3 Å². The molecule has 1 aliphatic carbocycles. The van der Waals surface area contributed by atoms with Crippen molar-refractivity contribution in [3.8, 4) is 11.3 Å². The molecule has 2 aromatic carbocycles. The minimum atomic E-state index is -0.150. The molecule has 0 spiro atoms. The van der Waals surface area contributed by atoms with Gasteiger partial charge in [0.2, 0.25) is 0 Å². The van der Waals surface area contributed by atoms with Crippen molar-refractivity contribution in [3.05, 3.63) is 82.0 Å². The average molecular weight is 542 g/mol. The Morgan fingerprint density at radius 2 is 2.05 bits per heavy atom. The summed E-state index contributed by atoms with van der Waals surface area (Å²) >= 11 is 1.61. The Labute approximate surface area is 231 Å². The van der Waals surface area contributed by atoms with Crippen molar-refractivity contribution in [1.29, 1.82) is 0 Å². The summed E-state index contributed by atoms with van der Waals surface area (Å²) in [6, 6.07) is 16.2. The highest BCUT2D eigenvalue weighted by Crippen LogP contribution is 2.32. The van der Waals surface area contributed by atoms with Crippen LogP contribution in [0.4, 0.5) is 5.13 Å². The number of rotatable bonds is 7. The van der Waals surface area contributed by atoms with Gasteiger partial charge < -0.3 is 4.74 Å². The van der Waals surface area contributed by atoms with Crippen molar-refractivity contribution < 1.29 is 9.53 Å². The molecule has 1 saturated heterocycles. The van der Waals surface area contributed by atoms with Gasteiger partial charge in [-0.3, -0.25) is 20.0 Å². The fourth-order valence-electron chi connectivity index (χ4n) is 5.23. The lowest BCUT2D eigenvalue weighted by Crippen LogP contribution is -2.45. The first-order valence-corrected chi connectivity index (χ1v) is 14.1. The lowest BCUT2D eigenvalue weighted by atomic mass is 9.96. The number of hydrogen-bond donors (Lipinski definition) is 1. The summed E-state index contributed by atoms with van der Waals surface area (Å²) in [6.07, 6.45) is 6.79. The van der Waals surface area contributed by atoms with Gasteiger partial charge in [0, 0.05) is 48.4 Å². The lowest BCUT2D eigenvalue weighted by molar-refractivity contribution is 0.0139. The summed E-state index contributed by atoms with van der Waals surface area (Å²) in [6.45, 7) is 4.14. The van der Waals surface area contributed by atoms with Gasteiger partial charge in [0.15, 0.2) is 5.13 Å². The normalized spacial score (nSPS) is 17.8. The van der Waals surface area contributed by atoms with E-state index in [9.17, 15) is 4.79 Å². The quantitative estimate of drug-likeness (QED) is 0.356. The number of carbonyl (C=O) groups is 1. The molecule has 1 unspecified atom stereocenters. The van der Waals surface area contributed by atoms with Gasteiger partial charge in [-0.1, -0.05) is 41.6 Å². The Hall–Kier alpha value is -3.73. The van der Waals surface area contributed by atoms with E-state index in [0.717, 1.165) is 73.6 Å². The molecule has 10 heteroatoms. The predicted octanol–water partition coefficient (Wildman–Crippen LogP) is 3.94. The van der Waals surface area contributed by atoms with Gasteiger partial charge in [-0.05, 0) is 42.5 Å². The van der Waals surface area contributed by atoms with Crippen LogP contribution in [-0.4, -0.2) is 76.4 Å². The Bertz CT molecular complexity index is 1470. The minimum Gasteiger partial charge on any atom is -0.379 e. The Morgan fingerprint density at radius 1 is 1.21 bits per heavy atom. The van der Waals surface area contributed by atoms with E-state index in [-0.39, 0.29) is 5.91 Å². The summed E-state index contributed by atoms with van der Waals surface area (Å²) < 4.78 is 7.30. The van der Waals surface area contributed by atoms with Crippen LogP contribution in [0.2, 0.25) is 0 Å². The number of aryl methyl sites for hydroxylation is 1. The third-order valence-corrected chi connectivity index (χ3v) is 8.29. The molecule has 200 valence electrons. The van der Waals surface area contributed by atoms with Crippen LogP contribution in [-0.2, 0) is 24.1 Å². The van der Waals surface area contributed by atoms with Gasteiger partial charge >= 0.3 is 0 Å². The molecule has 2 aliphatic rings. The third-order valence-electron chi connectivity index (χ3n) is 7.25. The molecule has 4 aromatic rings. The maximum absolute atomic E-state index is 13.1. The van der Waals surface area contributed by atoms with Crippen molar-refractivity contribution in [3.63, 3.8) is 0 Å². The van der Waals surface area contributed by atoms with Gasteiger partial charge in [-0.15, -0.1) is 16.4 Å². The van der Waals surface area contributed by atoms with Crippen LogP contribution >= 0.6 is 11.3 Å². The number of anilines is 1. The second kappa shape index (κ2) is 11.6. The summed E-state index contributed by atoms with van der Waals surface area (Å²) in [5.74, 6) is -0.150. The number of morpholine rings is 1. The van der Waals surface area contributed by atoms with Crippen molar-refractivity contribution in [1.82, 2.24) is 24.9 Å². The van der Waals surface area contributed by atoms with E-state index >= 15 is 0 Å². The zero-order chi connectivity index (χ0) is 26.6. The first kappa shape index (κ1) is 25.5. The Kier molecular flexibility index (Phi) is 7.57. The number of aliphatic imine (C=N–C) groups is 1. The first-order valence-electron chi connectivity index (χ1n) is 13.3. The summed E-state index contributed by atoms with van der Waals surface area (Å²) in [5, 5.41) is 12.3. The van der Waals surface area contributed by atoms with E-state index in [0.29, 0.717) is 23.3 Å². The minimum absolute atomic E-state index is 0.150. The lowest BCUT2D eigenvalue weighted by Gasteiger charge is -2.36. The molecule has 1 N–H and O–H groups in total. The van der Waals surface area contributed by atoms with E-state index in [1.165, 1.54) is 4.88 Å². The van der Waals surface area contributed by atoms with Crippen LogP contribution < -0.4 is 5.32 Å². The highest BCUT2D eigenvalue weighted by atomic mass is 32.1. The summed E-state index contributed by atoms with van der Waals surface area (Å²) in [4.78, 5) is 25.7. The molecule has 1 atom stereocenters. The number of amides is 1. The van der Waals surface area contributed by atoms with Crippen molar-refractivity contribution in [2.45, 2.75) is 31.8 Å². The van der Waals surface area contributed by atoms with Gasteiger partial charge in [0.1, 0.15) is 5.69 Å². The van der Waals surface area contributed by atoms with Crippen molar-refractivity contribution in [2.75, 3.05) is 38.7 Å². The predicted molar refractivity (Wildman–Crippen MR) is 153 cm³/mol. The number of benzene rings is 2. The zero-order valence-electron chi connectivity index (χ0n) is 21.9. The molecule has 39 heavy (non-hydrogen) atoms. The number of nitrogens with one attached hydrogen (secondary N) is 1. The summed E-state index contributed by atoms with van der Waals surface area (Å²) in [7, 11) is 1.76. The molecule has 3 heterocycles. The molecule has 1 amide bonds. The maximum atomic E-state index is 13.1. The fraction of sp³-hybridized carbons (Fsp3) is 0.345. The molecule has 6 rings (SSSR count). The molecule has 9 nitrogen and oxygen atoms in total. The van der Waals surface area contributed by atoms with Crippen LogP contribution in [0.1, 0.15) is 38.5 Å². The molecule has 2 aromatic heterocycles. The third kappa shape index (κ3) is 5.98. The zero-order valence-corrected chi connectivity index (χ0v) is 22.7. The van der Waals surface area contributed by atoms with E-state index < -0.39 is 0 Å². The number of nitrogens with zero attached hydrogens (tertiary/aromatic N) is 6. The van der Waals surface area contributed by atoms with E-state index in [4.69, 9.17) is 9.72 Å². The number of fused-ring (bicyclic) bond motifs is 1. The monoisotopic (exact) mass is 541 g/mol. The van der Waals surface area contributed by atoms with Gasteiger partial charge in [-0.2, -0.15) is 0 Å². The Morgan fingerprint density at radius 3 is 2.87 bits per heavy atom. The van der Waals surface area contributed by atoms with E-state index in [2.05, 4.69) is 25.5 Å². The van der Waals surface area contributed by atoms with Crippen LogP contribution in [0, 0.1) is 0 Å². The highest BCUT2D eigenvalue weighted by Gasteiger charge is 2.28. The van der Waals surface area contributed by atoms with Gasteiger partial charge in [-0.25, -0.2) is 9.67 Å². The van der Waals surface area contributed by atoms with Crippen molar-refractivity contribution in [2.24, 2.45) is 4.99 Å². The number of carbonyl (C=O) groups excluding carboxylic acids is 1. The molecule has 0 radical (unpaired) electrons. The average Bonchev–Trinajstić information content (AvgIpc) is 3.60. The SMILES string of the molecule is CN=Cc1ccc(-c2cn(Cc3cccc(C(=O)Nc4nc5c(s4)CC(N4CCOCC4)CC5)c3)nn2)cc1. The number of hydrogen-bond acceptors (Lipinski definition) is 8. The largest absolute Gasteiger partial charge is 0.379 e. The second-order valence-corrected chi connectivity index (χ2v) is 11.0. The first-order chi connectivity index (χ1) is 19.1. The van der Waals surface area contributed by atoms with Gasteiger partial charge in [0.25, 0.3) is 5.91 Å². The highest BCUT2D eigenvalue weighted by molar-refractivity contribution is 7.15. The van der Waals surface area contributed by atoms with Crippen LogP contribution in [0.15, 0.2) is 59.7 Å². The standard InChI is InChI=1S/C29H31N7O2S/c1-30-17-20-5-7-22(8-6-20)26-19-36(34-33-26)18-21-3-2-4-23(15-21)28(37)32-29-31-25-10-9-24(16-27(25)39-29)35-11-13-38-14-12-35/h2-8,15,17,19,24H,9-14,16,18H2,1H3,(H,31,32,37). The van der Waals surface area contributed by atoms with Gasteiger partial charge in [0.05, 0.1) is 31.6 Å². The second-order valence-electron chi connectivity index (χ2n) is 9.90. The number of ether oxygens (including phenoxy) is 1. The van der Waals surface area contributed by atoms with Crippen LogP contribution in [0.3, 0.4) is 0 Å². The van der Waals surface area contributed by atoms with Crippen molar-refractivity contribution >= 4 is 28.6 Å². The maximum Gasteiger partial charge on any atom is 0.257 e. The Balaban J connectivity index is 1.09. The topological polar surface area (TPSA) is 97.5 Å². The smallest absolute Gasteiger partial charge is 0.257 e. The van der Waals surface area contributed by atoms with E-state index in [1.807, 2.05) is 60.9 Å². The molecule has 0 bridgehead atoms. The number of thiazole rings is 1. The van der Waals surface area contributed by atoms with Crippen LogP contribution in [0.5, 0.6) is 0 Å². The van der Waals surface area contributed by atoms with E-state index in [1.54, 1.807) is 23.1 Å². The molecular formula is C29H31N7O2S. The molecule has 1 fully saturated rings.